The molecular formula is C21H30N2O4. The SMILES string of the molecule is CC[C@H](C)[C@@H](C(=O)O[C@@H](C)C(=O)NC(=O)NC1CCCC1)c1ccccc1. The maximum Gasteiger partial charge on any atom is 0.321 e. The Labute approximate surface area is 161 Å². The minimum absolute atomic E-state index is 0.0702. The molecule has 1 saturated carbocycles. The molecule has 1 aliphatic rings. The van der Waals surface area contributed by atoms with E-state index in [1.807, 2.05) is 44.2 Å². The van der Waals surface area contributed by atoms with Gasteiger partial charge in [-0.25, -0.2) is 4.79 Å². The molecular weight excluding hydrogens is 344 g/mol. The van der Waals surface area contributed by atoms with Gasteiger partial charge in [0.05, 0.1) is 5.92 Å². The molecule has 1 fully saturated rings. The van der Waals surface area contributed by atoms with Gasteiger partial charge in [0.1, 0.15) is 0 Å². The molecule has 1 aromatic carbocycles. The van der Waals surface area contributed by atoms with E-state index in [-0.39, 0.29) is 12.0 Å². The van der Waals surface area contributed by atoms with Crippen molar-refractivity contribution in [1.29, 1.82) is 0 Å². The monoisotopic (exact) mass is 374 g/mol. The van der Waals surface area contributed by atoms with Crippen molar-refractivity contribution in [3.8, 4) is 0 Å². The van der Waals surface area contributed by atoms with Crippen molar-refractivity contribution in [3.05, 3.63) is 35.9 Å². The third kappa shape index (κ3) is 6.08. The number of carbonyl (C=O) groups excluding carboxylic acids is 3. The fourth-order valence-electron chi connectivity index (χ4n) is 3.40. The summed E-state index contributed by atoms with van der Waals surface area (Å²) < 4.78 is 5.39. The number of nitrogens with one attached hydrogen (secondary N) is 2. The van der Waals surface area contributed by atoms with E-state index in [1.54, 1.807) is 0 Å². The summed E-state index contributed by atoms with van der Waals surface area (Å²) in [5, 5.41) is 5.05. The first kappa shape index (κ1) is 20.9. The molecule has 27 heavy (non-hydrogen) atoms. The van der Waals surface area contributed by atoms with Crippen LogP contribution in [0.25, 0.3) is 0 Å². The molecule has 6 heteroatoms. The van der Waals surface area contributed by atoms with E-state index in [0.717, 1.165) is 37.7 Å². The van der Waals surface area contributed by atoms with Crippen molar-refractivity contribution in [1.82, 2.24) is 10.6 Å². The molecule has 148 valence electrons. The van der Waals surface area contributed by atoms with Crippen LogP contribution in [0.15, 0.2) is 30.3 Å². The fraction of sp³-hybridized carbons (Fsp3) is 0.571. The summed E-state index contributed by atoms with van der Waals surface area (Å²) >= 11 is 0. The van der Waals surface area contributed by atoms with Crippen molar-refractivity contribution >= 4 is 17.9 Å². The molecule has 1 aromatic rings. The first-order valence-electron chi connectivity index (χ1n) is 9.79. The number of hydrogen-bond donors (Lipinski definition) is 2. The van der Waals surface area contributed by atoms with Gasteiger partial charge in [-0.3, -0.25) is 14.9 Å². The van der Waals surface area contributed by atoms with Crippen LogP contribution < -0.4 is 10.6 Å². The third-order valence-electron chi connectivity index (χ3n) is 5.21. The Morgan fingerprint density at radius 1 is 1.11 bits per heavy atom. The number of rotatable bonds is 7. The molecule has 3 amide bonds. The largest absolute Gasteiger partial charge is 0.452 e. The first-order chi connectivity index (χ1) is 12.9. The van der Waals surface area contributed by atoms with Gasteiger partial charge in [-0.15, -0.1) is 0 Å². The summed E-state index contributed by atoms with van der Waals surface area (Å²) in [6.45, 7) is 5.48. The summed E-state index contributed by atoms with van der Waals surface area (Å²) in [5.74, 6) is -1.44. The molecule has 0 aliphatic heterocycles. The molecule has 1 aliphatic carbocycles. The van der Waals surface area contributed by atoms with Gasteiger partial charge >= 0.3 is 12.0 Å². The van der Waals surface area contributed by atoms with Crippen LogP contribution in [0, 0.1) is 5.92 Å². The van der Waals surface area contributed by atoms with Gasteiger partial charge < -0.3 is 10.1 Å². The molecule has 0 bridgehead atoms. The third-order valence-corrected chi connectivity index (χ3v) is 5.21. The highest BCUT2D eigenvalue weighted by Crippen LogP contribution is 2.28. The minimum atomic E-state index is -1.04. The number of carbonyl (C=O) groups is 3. The second-order valence-corrected chi connectivity index (χ2v) is 7.30. The van der Waals surface area contributed by atoms with Crippen LogP contribution in [0.5, 0.6) is 0 Å². The Morgan fingerprint density at radius 2 is 1.74 bits per heavy atom. The van der Waals surface area contributed by atoms with Crippen LogP contribution in [-0.2, 0) is 14.3 Å². The molecule has 0 radical (unpaired) electrons. The predicted octanol–water partition coefficient (Wildman–Crippen LogP) is 3.52. The van der Waals surface area contributed by atoms with Crippen molar-refractivity contribution in [3.63, 3.8) is 0 Å². The standard InChI is InChI=1S/C21H30N2O4/c1-4-14(2)18(16-10-6-5-7-11-16)20(25)27-15(3)19(24)23-21(26)22-17-12-8-9-13-17/h5-7,10-11,14-15,17-18H,4,8-9,12-13H2,1-3H3,(H2,22,23,24,26)/t14-,15-,18+/m0/s1. The zero-order chi connectivity index (χ0) is 19.8. The smallest absolute Gasteiger partial charge is 0.321 e. The van der Waals surface area contributed by atoms with Crippen LogP contribution in [0.3, 0.4) is 0 Å². The summed E-state index contributed by atoms with van der Waals surface area (Å²) in [6, 6.07) is 9.00. The Bertz CT molecular complexity index is 641. The average molecular weight is 374 g/mol. The molecule has 6 nitrogen and oxygen atoms in total. The molecule has 2 rings (SSSR count). The highest BCUT2D eigenvalue weighted by Gasteiger charge is 2.30. The second kappa shape index (κ2) is 10.1. The van der Waals surface area contributed by atoms with Crippen molar-refractivity contribution < 1.29 is 19.1 Å². The van der Waals surface area contributed by atoms with Crippen molar-refractivity contribution in [2.45, 2.75) is 70.9 Å². The molecule has 2 N–H and O–H groups in total. The first-order valence-corrected chi connectivity index (χ1v) is 9.79. The lowest BCUT2D eigenvalue weighted by molar-refractivity contribution is -0.157. The Kier molecular flexibility index (Phi) is 7.82. The van der Waals surface area contributed by atoms with Crippen LogP contribution >= 0.6 is 0 Å². The number of amides is 3. The Balaban J connectivity index is 1.93. The van der Waals surface area contributed by atoms with E-state index in [9.17, 15) is 14.4 Å². The lowest BCUT2D eigenvalue weighted by Crippen LogP contribution is -2.47. The van der Waals surface area contributed by atoms with Gasteiger partial charge in [0.25, 0.3) is 5.91 Å². The summed E-state index contributed by atoms with van der Waals surface area (Å²) in [5.41, 5.74) is 0.864. The number of hydrogen-bond acceptors (Lipinski definition) is 4. The van der Waals surface area contributed by atoms with Gasteiger partial charge in [0.15, 0.2) is 6.10 Å². The normalized spacial score (nSPS) is 17.6. The van der Waals surface area contributed by atoms with Crippen LogP contribution in [-0.4, -0.2) is 30.1 Å². The number of benzene rings is 1. The molecule has 0 saturated heterocycles. The molecule has 0 aromatic heterocycles. The fourth-order valence-corrected chi connectivity index (χ4v) is 3.40. The van der Waals surface area contributed by atoms with E-state index in [4.69, 9.17) is 4.74 Å². The van der Waals surface area contributed by atoms with Gasteiger partial charge in [-0.05, 0) is 31.2 Å². The number of imide groups is 1. The van der Waals surface area contributed by atoms with E-state index >= 15 is 0 Å². The topological polar surface area (TPSA) is 84.5 Å². The lowest BCUT2D eigenvalue weighted by atomic mass is 9.85. The molecule has 0 heterocycles. The summed E-state index contributed by atoms with van der Waals surface area (Å²) in [7, 11) is 0. The zero-order valence-electron chi connectivity index (χ0n) is 16.4. The van der Waals surface area contributed by atoms with Crippen LogP contribution in [0.4, 0.5) is 4.79 Å². The maximum atomic E-state index is 12.7. The van der Waals surface area contributed by atoms with Crippen molar-refractivity contribution in [2.75, 3.05) is 0 Å². The van der Waals surface area contributed by atoms with Gasteiger partial charge in [-0.1, -0.05) is 63.4 Å². The van der Waals surface area contributed by atoms with E-state index in [1.165, 1.54) is 6.92 Å². The van der Waals surface area contributed by atoms with Crippen molar-refractivity contribution in [2.24, 2.45) is 5.92 Å². The van der Waals surface area contributed by atoms with E-state index in [0.29, 0.717) is 0 Å². The second-order valence-electron chi connectivity index (χ2n) is 7.30. The molecule has 3 atom stereocenters. The number of urea groups is 1. The average Bonchev–Trinajstić information content (AvgIpc) is 3.15. The Morgan fingerprint density at radius 3 is 2.33 bits per heavy atom. The summed E-state index contributed by atoms with van der Waals surface area (Å²) in [6.07, 6.45) is 3.80. The minimum Gasteiger partial charge on any atom is -0.452 e. The summed E-state index contributed by atoms with van der Waals surface area (Å²) in [4.78, 5) is 36.9. The molecule has 0 unspecified atom stereocenters. The molecule has 0 spiro atoms. The number of esters is 1. The van der Waals surface area contributed by atoms with Crippen LogP contribution in [0.1, 0.15) is 64.4 Å². The quantitative estimate of drug-likeness (QED) is 0.715. The predicted molar refractivity (Wildman–Crippen MR) is 103 cm³/mol. The zero-order valence-corrected chi connectivity index (χ0v) is 16.4. The highest BCUT2D eigenvalue weighted by molar-refractivity contribution is 5.97. The Hall–Kier alpha value is -2.37. The number of ether oxygens (including phenoxy) is 1. The van der Waals surface area contributed by atoms with Gasteiger partial charge in [0, 0.05) is 6.04 Å². The maximum absolute atomic E-state index is 12.7. The van der Waals surface area contributed by atoms with Gasteiger partial charge in [0.2, 0.25) is 0 Å². The van der Waals surface area contributed by atoms with E-state index in [2.05, 4.69) is 10.6 Å². The highest BCUT2D eigenvalue weighted by atomic mass is 16.5. The lowest BCUT2D eigenvalue weighted by Gasteiger charge is -2.24. The van der Waals surface area contributed by atoms with Crippen LogP contribution in [0.2, 0.25) is 0 Å². The van der Waals surface area contributed by atoms with Gasteiger partial charge in [-0.2, -0.15) is 0 Å². The van der Waals surface area contributed by atoms with E-state index < -0.39 is 29.9 Å².